The molecule has 136 valence electrons. The first-order valence-corrected chi connectivity index (χ1v) is 8.29. The van der Waals surface area contributed by atoms with E-state index in [0.29, 0.717) is 17.5 Å². The lowest BCUT2D eigenvalue weighted by molar-refractivity contribution is -0.137. The second kappa shape index (κ2) is 7.60. The van der Waals surface area contributed by atoms with Gasteiger partial charge < -0.3 is 9.73 Å². The molecule has 0 radical (unpaired) electrons. The lowest BCUT2D eigenvalue weighted by Crippen LogP contribution is -2.15. The van der Waals surface area contributed by atoms with Crippen LogP contribution in [0, 0.1) is 0 Å². The zero-order valence-electron chi connectivity index (χ0n) is 13.1. The third-order valence-electron chi connectivity index (χ3n) is 3.19. The number of aromatic nitrogens is 4. The molecular weight excluding hydrogens is 371 g/mol. The number of rotatable bonds is 6. The van der Waals surface area contributed by atoms with E-state index in [1.165, 1.54) is 23.1 Å². The molecule has 0 saturated heterocycles. The number of alkyl halides is 3. The summed E-state index contributed by atoms with van der Waals surface area (Å²) in [6, 6.07) is 7.93. The first-order chi connectivity index (χ1) is 12.4. The van der Waals surface area contributed by atoms with E-state index in [1.54, 1.807) is 12.1 Å². The van der Waals surface area contributed by atoms with E-state index in [2.05, 4.69) is 20.8 Å². The van der Waals surface area contributed by atoms with E-state index >= 15 is 0 Å². The van der Waals surface area contributed by atoms with Crippen molar-refractivity contribution in [1.29, 1.82) is 0 Å². The maximum atomic E-state index is 12.7. The summed E-state index contributed by atoms with van der Waals surface area (Å²) in [5.74, 6) is 0.115. The number of benzene rings is 1. The van der Waals surface area contributed by atoms with Gasteiger partial charge in [-0.1, -0.05) is 17.8 Å². The van der Waals surface area contributed by atoms with Gasteiger partial charge in [0, 0.05) is 5.69 Å². The molecule has 26 heavy (non-hydrogen) atoms. The monoisotopic (exact) mass is 383 g/mol. The lowest BCUT2D eigenvalue weighted by atomic mass is 10.2. The first kappa shape index (κ1) is 18.0. The van der Waals surface area contributed by atoms with Gasteiger partial charge in [-0.05, 0) is 40.8 Å². The molecule has 2 aromatic heterocycles. The SMILES string of the molecule is O=C(CSc1nnnn1Cc1ccco1)Nc1cccc(C(F)(F)F)c1. The fourth-order valence-corrected chi connectivity index (χ4v) is 2.73. The number of halogens is 3. The molecule has 1 N–H and O–H groups in total. The van der Waals surface area contributed by atoms with Crippen LogP contribution in [0.2, 0.25) is 0 Å². The van der Waals surface area contributed by atoms with Crippen molar-refractivity contribution in [3.8, 4) is 0 Å². The summed E-state index contributed by atoms with van der Waals surface area (Å²) in [7, 11) is 0. The number of hydrogen-bond acceptors (Lipinski definition) is 6. The number of nitrogens with zero attached hydrogens (tertiary/aromatic N) is 4. The standard InChI is InChI=1S/C15H12F3N5O2S/c16-15(17,18)10-3-1-4-11(7-10)19-13(24)9-26-14-20-21-22-23(14)8-12-5-2-6-25-12/h1-7H,8-9H2,(H,19,24). The zero-order chi connectivity index (χ0) is 18.6. The number of anilines is 1. The Morgan fingerprint density at radius 3 is 2.85 bits per heavy atom. The van der Waals surface area contributed by atoms with Crippen molar-refractivity contribution in [3.63, 3.8) is 0 Å². The smallest absolute Gasteiger partial charge is 0.416 e. The van der Waals surface area contributed by atoms with Crippen molar-refractivity contribution in [1.82, 2.24) is 20.2 Å². The molecule has 0 fully saturated rings. The van der Waals surface area contributed by atoms with E-state index in [-0.39, 0.29) is 11.4 Å². The minimum absolute atomic E-state index is 0.0607. The minimum Gasteiger partial charge on any atom is -0.467 e. The van der Waals surface area contributed by atoms with Crippen LogP contribution < -0.4 is 5.32 Å². The van der Waals surface area contributed by atoms with Gasteiger partial charge in [0.1, 0.15) is 12.3 Å². The highest BCUT2D eigenvalue weighted by Crippen LogP contribution is 2.30. The molecule has 1 aromatic carbocycles. The van der Waals surface area contributed by atoms with E-state index in [0.717, 1.165) is 23.9 Å². The van der Waals surface area contributed by atoms with Gasteiger partial charge in [-0.2, -0.15) is 13.2 Å². The lowest BCUT2D eigenvalue weighted by Gasteiger charge is -2.09. The summed E-state index contributed by atoms with van der Waals surface area (Å²) in [5, 5.41) is 14.0. The maximum absolute atomic E-state index is 12.7. The Kier molecular flexibility index (Phi) is 5.26. The van der Waals surface area contributed by atoms with Crippen molar-refractivity contribution >= 4 is 23.4 Å². The second-order valence-corrected chi connectivity index (χ2v) is 6.06. The Labute approximate surface area is 149 Å². The fraction of sp³-hybridized carbons (Fsp3) is 0.200. The Morgan fingerprint density at radius 2 is 2.12 bits per heavy atom. The summed E-state index contributed by atoms with van der Waals surface area (Å²) in [6.07, 6.45) is -2.95. The van der Waals surface area contributed by atoms with Crippen molar-refractivity contribution < 1.29 is 22.4 Å². The normalized spacial score (nSPS) is 11.5. The molecule has 0 aliphatic carbocycles. The molecule has 0 aliphatic rings. The topological polar surface area (TPSA) is 85.8 Å². The minimum atomic E-state index is -4.47. The van der Waals surface area contributed by atoms with Gasteiger partial charge >= 0.3 is 6.18 Å². The first-order valence-electron chi connectivity index (χ1n) is 7.30. The highest BCUT2D eigenvalue weighted by molar-refractivity contribution is 7.99. The summed E-state index contributed by atoms with van der Waals surface area (Å²) in [4.78, 5) is 12.0. The van der Waals surface area contributed by atoms with Crippen LogP contribution in [0.15, 0.2) is 52.2 Å². The average Bonchev–Trinajstić information content (AvgIpc) is 3.25. The fourth-order valence-electron chi connectivity index (χ4n) is 2.05. The van der Waals surface area contributed by atoms with Gasteiger partial charge in [-0.3, -0.25) is 4.79 Å². The van der Waals surface area contributed by atoms with Crippen LogP contribution >= 0.6 is 11.8 Å². The van der Waals surface area contributed by atoms with Gasteiger partial charge in [0.15, 0.2) is 0 Å². The molecule has 0 atom stereocenters. The molecule has 3 aromatic rings. The predicted molar refractivity (Wildman–Crippen MR) is 86.4 cm³/mol. The summed E-state index contributed by atoms with van der Waals surface area (Å²) >= 11 is 1.06. The highest BCUT2D eigenvalue weighted by Gasteiger charge is 2.30. The van der Waals surface area contributed by atoms with Gasteiger partial charge in [0.2, 0.25) is 11.1 Å². The maximum Gasteiger partial charge on any atom is 0.416 e. The van der Waals surface area contributed by atoms with Crippen LogP contribution in [-0.4, -0.2) is 31.9 Å². The van der Waals surface area contributed by atoms with E-state index < -0.39 is 17.6 Å². The third kappa shape index (κ3) is 4.63. The van der Waals surface area contributed by atoms with Crippen LogP contribution in [0.25, 0.3) is 0 Å². The molecular formula is C15H12F3N5O2S. The molecule has 0 bridgehead atoms. The van der Waals surface area contributed by atoms with Gasteiger partial charge in [-0.15, -0.1) is 5.10 Å². The molecule has 11 heteroatoms. The zero-order valence-corrected chi connectivity index (χ0v) is 13.9. The predicted octanol–water partition coefficient (Wildman–Crippen LogP) is 3.06. The van der Waals surface area contributed by atoms with E-state index in [1.807, 2.05) is 0 Å². The number of carbonyl (C=O) groups is 1. The van der Waals surface area contributed by atoms with Gasteiger partial charge in [0.05, 0.1) is 17.6 Å². The number of amides is 1. The van der Waals surface area contributed by atoms with Crippen LogP contribution in [0.3, 0.4) is 0 Å². The molecule has 0 unspecified atom stereocenters. The summed E-state index contributed by atoms with van der Waals surface area (Å²) in [6.45, 7) is 0.303. The third-order valence-corrected chi connectivity index (χ3v) is 4.15. The number of hydrogen-bond donors (Lipinski definition) is 1. The van der Waals surface area contributed by atoms with Crippen LogP contribution in [-0.2, 0) is 17.5 Å². The van der Waals surface area contributed by atoms with E-state index in [4.69, 9.17) is 4.42 Å². The summed E-state index contributed by atoms with van der Waals surface area (Å²) < 4.78 is 44.7. The van der Waals surface area contributed by atoms with E-state index in [9.17, 15) is 18.0 Å². The number of nitrogens with one attached hydrogen (secondary N) is 1. The largest absolute Gasteiger partial charge is 0.467 e. The highest BCUT2D eigenvalue weighted by atomic mass is 32.2. The van der Waals surface area contributed by atoms with Crippen molar-refractivity contribution in [2.45, 2.75) is 17.9 Å². The average molecular weight is 383 g/mol. The Balaban J connectivity index is 1.58. The quantitative estimate of drug-likeness (QED) is 0.659. The van der Waals surface area contributed by atoms with Crippen molar-refractivity contribution in [2.75, 3.05) is 11.1 Å². The van der Waals surface area contributed by atoms with Gasteiger partial charge in [-0.25, -0.2) is 4.68 Å². The number of tetrazole rings is 1. The number of furan rings is 1. The molecule has 7 nitrogen and oxygen atoms in total. The molecule has 3 rings (SSSR count). The molecule has 0 saturated carbocycles. The number of thioether (sulfide) groups is 1. The van der Waals surface area contributed by atoms with Crippen molar-refractivity contribution in [3.05, 3.63) is 54.0 Å². The van der Waals surface area contributed by atoms with Gasteiger partial charge in [0.25, 0.3) is 0 Å². The Bertz CT molecular complexity index is 880. The second-order valence-electron chi connectivity index (χ2n) is 5.11. The Hall–Kier alpha value is -2.82. The molecule has 2 heterocycles. The molecule has 0 spiro atoms. The Morgan fingerprint density at radius 1 is 1.27 bits per heavy atom. The molecule has 1 amide bonds. The van der Waals surface area contributed by atoms with Crippen LogP contribution in [0.1, 0.15) is 11.3 Å². The van der Waals surface area contributed by atoms with Crippen LogP contribution in [0.5, 0.6) is 0 Å². The van der Waals surface area contributed by atoms with Crippen LogP contribution in [0.4, 0.5) is 18.9 Å². The van der Waals surface area contributed by atoms with Crippen molar-refractivity contribution in [2.24, 2.45) is 0 Å². The number of carbonyl (C=O) groups excluding carboxylic acids is 1. The summed E-state index contributed by atoms with van der Waals surface area (Å²) in [5.41, 5.74) is -0.758. The molecule has 0 aliphatic heterocycles.